The van der Waals surface area contributed by atoms with Gasteiger partial charge < -0.3 is 33.8 Å². The number of aliphatic hydroxyl groups is 1. The van der Waals surface area contributed by atoms with Gasteiger partial charge in [-0.15, -0.1) is 0 Å². The molecule has 560 valence electrons. The molecule has 0 aliphatic carbocycles. The molecule has 0 saturated carbocycles. The summed E-state index contributed by atoms with van der Waals surface area (Å²) < 4.78 is 68.3. The molecule has 0 aliphatic rings. The van der Waals surface area contributed by atoms with E-state index < -0.39 is 97.5 Å². The molecule has 0 amide bonds. The second kappa shape index (κ2) is 66.1. The van der Waals surface area contributed by atoms with Crippen molar-refractivity contribution in [3.63, 3.8) is 0 Å². The van der Waals surface area contributed by atoms with Crippen LogP contribution in [0.1, 0.15) is 363 Å². The third-order valence-electron chi connectivity index (χ3n) is 17.4. The Bertz CT molecular complexity index is 1950. The Kier molecular flexibility index (Phi) is 64.4. The van der Waals surface area contributed by atoms with Gasteiger partial charge in [-0.1, -0.05) is 310 Å². The first-order valence-electron chi connectivity index (χ1n) is 38.7. The van der Waals surface area contributed by atoms with E-state index in [1.165, 1.54) is 154 Å². The molecule has 0 aromatic carbocycles. The van der Waals surface area contributed by atoms with Crippen LogP contribution in [0.5, 0.6) is 0 Å². The lowest BCUT2D eigenvalue weighted by atomic mass is 9.99. The molecule has 0 rings (SSSR count). The third-order valence-corrected chi connectivity index (χ3v) is 19.3. The predicted octanol–water partition coefficient (Wildman–Crippen LogP) is 21.7. The summed E-state index contributed by atoms with van der Waals surface area (Å²) in [4.78, 5) is 72.6. The molecule has 17 nitrogen and oxygen atoms in total. The molecule has 0 aromatic heterocycles. The fraction of sp³-hybridized carbons (Fsp3) is 0.895. The number of unbranched alkanes of at least 4 members (excludes halogenated alkanes) is 36. The Balaban J connectivity index is 5.18. The summed E-state index contributed by atoms with van der Waals surface area (Å²) >= 11 is 0. The number of rotatable bonds is 72. The predicted molar refractivity (Wildman–Crippen MR) is 386 cm³/mol. The number of ether oxygens (including phenoxy) is 4. The summed E-state index contributed by atoms with van der Waals surface area (Å²) in [7, 11) is -9.92. The zero-order valence-electron chi connectivity index (χ0n) is 61.6. The van der Waals surface area contributed by atoms with E-state index in [4.69, 9.17) is 37.0 Å². The van der Waals surface area contributed by atoms with Crippen LogP contribution in [0.2, 0.25) is 0 Å². The maximum absolute atomic E-state index is 13.1. The molecule has 0 bridgehead atoms. The number of hydrogen-bond donors (Lipinski definition) is 3. The van der Waals surface area contributed by atoms with Crippen molar-refractivity contribution >= 4 is 39.5 Å². The highest BCUT2D eigenvalue weighted by molar-refractivity contribution is 7.47. The average molecular weight is 1390 g/mol. The van der Waals surface area contributed by atoms with Crippen molar-refractivity contribution in [2.75, 3.05) is 39.6 Å². The zero-order valence-corrected chi connectivity index (χ0v) is 63.4. The van der Waals surface area contributed by atoms with Gasteiger partial charge in [0.1, 0.15) is 19.3 Å². The largest absolute Gasteiger partial charge is 0.472 e. The van der Waals surface area contributed by atoms with Gasteiger partial charge in [-0.25, -0.2) is 9.13 Å². The Morgan fingerprint density at radius 2 is 0.621 bits per heavy atom. The quantitative estimate of drug-likeness (QED) is 0.0169. The van der Waals surface area contributed by atoms with E-state index in [1.807, 2.05) is 0 Å². The van der Waals surface area contributed by atoms with Gasteiger partial charge in [0.25, 0.3) is 0 Å². The normalized spacial score (nSPS) is 14.5. The van der Waals surface area contributed by atoms with Gasteiger partial charge in [-0.3, -0.25) is 37.3 Å². The summed E-state index contributed by atoms with van der Waals surface area (Å²) in [6, 6.07) is 0. The Morgan fingerprint density at radius 1 is 0.347 bits per heavy atom. The lowest BCUT2D eigenvalue weighted by Crippen LogP contribution is -2.30. The summed E-state index contributed by atoms with van der Waals surface area (Å²) in [6.45, 7) is 11.7. The molecule has 0 radical (unpaired) electrons. The average Bonchev–Trinajstić information content (AvgIpc) is 2.43. The summed E-state index contributed by atoms with van der Waals surface area (Å²) in [5, 5.41) is 10.6. The lowest BCUT2D eigenvalue weighted by molar-refractivity contribution is -0.161. The molecule has 0 spiro atoms. The molecule has 0 aromatic rings. The fourth-order valence-corrected chi connectivity index (χ4v) is 12.6. The molecule has 19 heteroatoms. The third kappa shape index (κ3) is 68.5. The molecule has 3 N–H and O–H groups in total. The number of allylic oxidation sites excluding steroid dienone is 4. The summed E-state index contributed by atoms with van der Waals surface area (Å²) in [6.07, 6.45) is 55.4. The van der Waals surface area contributed by atoms with Gasteiger partial charge in [-0.05, 0) is 69.1 Å². The van der Waals surface area contributed by atoms with E-state index in [0.717, 1.165) is 115 Å². The monoisotopic (exact) mass is 1390 g/mol. The number of phosphoric acid groups is 2. The maximum atomic E-state index is 13.1. The van der Waals surface area contributed by atoms with Crippen molar-refractivity contribution in [3.05, 3.63) is 24.3 Å². The highest BCUT2D eigenvalue weighted by atomic mass is 31.2. The van der Waals surface area contributed by atoms with Gasteiger partial charge in [0.2, 0.25) is 0 Å². The molecule has 0 heterocycles. The van der Waals surface area contributed by atoms with E-state index in [9.17, 15) is 43.2 Å². The molecular weight excluding hydrogens is 1250 g/mol. The van der Waals surface area contributed by atoms with Crippen LogP contribution in [0.15, 0.2) is 24.3 Å². The number of carbonyl (C=O) groups excluding carboxylic acids is 4. The van der Waals surface area contributed by atoms with Crippen LogP contribution in [0.25, 0.3) is 0 Å². The van der Waals surface area contributed by atoms with Crippen molar-refractivity contribution < 1.29 is 80.2 Å². The first-order valence-corrected chi connectivity index (χ1v) is 41.7. The number of aliphatic hydroxyl groups excluding tert-OH is 1. The minimum absolute atomic E-state index is 0.0849. The van der Waals surface area contributed by atoms with Gasteiger partial charge in [-0.2, -0.15) is 0 Å². The van der Waals surface area contributed by atoms with E-state index in [-0.39, 0.29) is 25.7 Å². The van der Waals surface area contributed by atoms with Crippen LogP contribution < -0.4 is 0 Å². The second-order valence-electron chi connectivity index (χ2n) is 27.9. The van der Waals surface area contributed by atoms with E-state index in [1.54, 1.807) is 0 Å². The molecule has 0 fully saturated rings. The van der Waals surface area contributed by atoms with Crippen molar-refractivity contribution in [1.82, 2.24) is 0 Å². The van der Waals surface area contributed by atoms with Crippen LogP contribution in [-0.2, 0) is 65.4 Å². The maximum Gasteiger partial charge on any atom is 0.472 e. The standard InChI is InChI=1S/C76H144O17P2/c1-8-10-11-12-13-14-15-16-21-26-29-32-35-45-52-59-75(80)92-71(63-86-73(78)57-50-43-34-31-28-25-23-20-18-17-19-22-24-27-30-33-42-49-56-69(7)9-2)65-90-94(82,83)88-61-70(77)62-89-95(84,85)91-66-72(93-76(81)60-53-46-39-37-41-48-55-68(5)6)64-87-74(79)58-51-44-38-36-40-47-54-67(3)4/h14-16,21,67-72,77H,8-13,17-20,22-66H2,1-7H3,(H,82,83)(H,84,85)/b15-14-,21-16-/t69?,70-,71-,72-/m1/s1. The van der Waals surface area contributed by atoms with Gasteiger partial charge in [0, 0.05) is 25.7 Å². The van der Waals surface area contributed by atoms with Crippen molar-refractivity contribution in [2.45, 2.75) is 381 Å². The molecular formula is C76H144O17P2. The minimum atomic E-state index is -4.97. The van der Waals surface area contributed by atoms with Crippen LogP contribution in [-0.4, -0.2) is 96.7 Å². The Labute approximate surface area is 580 Å². The lowest BCUT2D eigenvalue weighted by Gasteiger charge is -2.21. The minimum Gasteiger partial charge on any atom is -0.462 e. The molecule has 6 atom stereocenters. The summed E-state index contributed by atoms with van der Waals surface area (Å²) in [5.41, 5.74) is 0. The number of esters is 4. The summed E-state index contributed by atoms with van der Waals surface area (Å²) in [5.74, 6) is 0.0602. The molecule has 3 unspecified atom stereocenters. The molecule has 95 heavy (non-hydrogen) atoms. The topological polar surface area (TPSA) is 237 Å². The van der Waals surface area contributed by atoms with Gasteiger partial charge in [0.05, 0.1) is 26.4 Å². The van der Waals surface area contributed by atoms with Crippen molar-refractivity contribution in [2.24, 2.45) is 17.8 Å². The van der Waals surface area contributed by atoms with Crippen LogP contribution >= 0.6 is 15.6 Å². The van der Waals surface area contributed by atoms with Crippen molar-refractivity contribution in [3.8, 4) is 0 Å². The van der Waals surface area contributed by atoms with Crippen molar-refractivity contribution in [1.29, 1.82) is 0 Å². The Morgan fingerprint density at radius 3 is 0.937 bits per heavy atom. The highest BCUT2D eigenvalue weighted by Gasteiger charge is 2.30. The van der Waals surface area contributed by atoms with Crippen LogP contribution in [0.3, 0.4) is 0 Å². The first kappa shape index (κ1) is 92.5. The number of phosphoric ester groups is 2. The smallest absolute Gasteiger partial charge is 0.462 e. The first-order chi connectivity index (χ1) is 45.8. The van der Waals surface area contributed by atoms with Crippen LogP contribution in [0, 0.1) is 17.8 Å². The zero-order chi connectivity index (χ0) is 70.1. The van der Waals surface area contributed by atoms with E-state index >= 15 is 0 Å². The number of hydrogen-bond acceptors (Lipinski definition) is 15. The molecule has 0 aliphatic heterocycles. The van der Waals surface area contributed by atoms with E-state index in [0.29, 0.717) is 37.5 Å². The SMILES string of the molecule is CCCCCC/C=C\C=C/CCCCCCCC(=O)O[C@H](COC(=O)CCCCCCCCCCCCCCCCCCCCC(C)CC)COP(=O)(O)OC[C@@H](O)COP(=O)(O)OC[C@@H](COC(=O)CCCCCCCCC(C)C)OC(=O)CCCCCCCCC(C)C. The molecule has 0 saturated heterocycles. The van der Waals surface area contributed by atoms with Gasteiger partial charge in [0.15, 0.2) is 12.2 Å². The van der Waals surface area contributed by atoms with Crippen LogP contribution in [0.4, 0.5) is 0 Å². The van der Waals surface area contributed by atoms with Gasteiger partial charge >= 0.3 is 39.5 Å². The fourth-order valence-electron chi connectivity index (χ4n) is 11.0. The second-order valence-corrected chi connectivity index (χ2v) is 30.8. The number of carbonyl (C=O) groups is 4. The Hall–Kier alpha value is -2.46. The van der Waals surface area contributed by atoms with E-state index in [2.05, 4.69) is 72.8 Å². The highest BCUT2D eigenvalue weighted by Crippen LogP contribution is 2.45.